The SMILES string of the molecule is COc1ccc(-c2n[nH]c(CNC(=O)c3[nH]c4ccccc4c3Br)n2)cc1. The van der Waals surface area contributed by atoms with Gasteiger partial charge in [-0.15, -0.1) is 0 Å². The molecule has 0 atom stereocenters. The van der Waals surface area contributed by atoms with Crippen LogP contribution in [0.15, 0.2) is 53.0 Å². The molecule has 0 aliphatic rings. The Morgan fingerprint density at radius 2 is 1.96 bits per heavy atom. The van der Waals surface area contributed by atoms with Gasteiger partial charge < -0.3 is 15.0 Å². The van der Waals surface area contributed by atoms with Crippen LogP contribution in [0.25, 0.3) is 22.3 Å². The van der Waals surface area contributed by atoms with E-state index in [1.54, 1.807) is 7.11 Å². The van der Waals surface area contributed by atoms with Crippen molar-refractivity contribution in [1.29, 1.82) is 0 Å². The Balaban J connectivity index is 1.46. The maximum Gasteiger partial charge on any atom is 0.269 e. The Bertz CT molecular complexity index is 1100. The van der Waals surface area contributed by atoms with Crippen molar-refractivity contribution in [2.75, 3.05) is 7.11 Å². The first kappa shape index (κ1) is 17.3. The number of halogens is 1. The number of carbonyl (C=O) groups is 1. The van der Waals surface area contributed by atoms with Crippen molar-refractivity contribution in [3.05, 3.63) is 64.5 Å². The van der Waals surface area contributed by atoms with Gasteiger partial charge in [0.05, 0.1) is 18.1 Å². The van der Waals surface area contributed by atoms with Crippen molar-refractivity contribution in [2.24, 2.45) is 0 Å². The van der Waals surface area contributed by atoms with Gasteiger partial charge in [-0.05, 0) is 46.3 Å². The van der Waals surface area contributed by atoms with Gasteiger partial charge in [0.2, 0.25) is 0 Å². The first-order valence-electron chi connectivity index (χ1n) is 8.26. The molecule has 0 spiro atoms. The van der Waals surface area contributed by atoms with Gasteiger partial charge in [0.1, 0.15) is 17.3 Å². The molecule has 0 aliphatic carbocycles. The van der Waals surface area contributed by atoms with Crippen LogP contribution in [-0.2, 0) is 6.54 Å². The highest BCUT2D eigenvalue weighted by Gasteiger charge is 2.16. The molecule has 0 bridgehead atoms. The van der Waals surface area contributed by atoms with E-state index < -0.39 is 0 Å². The maximum absolute atomic E-state index is 12.5. The number of para-hydroxylation sites is 1. The number of hydrogen-bond donors (Lipinski definition) is 3. The topological polar surface area (TPSA) is 95.7 Å². The van der Waals surface area contributed by atoms with Gasteiger partial charge in [0, 0.05) is 16.5 Å². The molecule has 0 radical (unpaired) electrons. The quantitative estimate of drug-likeness (QED) is 0.454. The first-order valence-corrected chi connectivity index (χ1v) is 9.05. The minimum absolute atomic E-state index is 0.222. The van der Waals surface area contributed by atoms with Crippen molar-refractivity contribution < 1.29 is 9.53 Å². The molecule has 8 heteroatoms. The third-order valence-corrected chi connectivity index (χ3v) is 4.99. The summed E-state index contributed by atoms with van der Waals surface area (Å²) in [4.78, 5) is 20.1. The zero-order valence-corrected chi connectivity index (χ0v) is 16.0. The van der Waals surface area contributed by atoms with E-state index >= 15 is 0 Å². The van der Waals surface area contributed by atoms with E-state index in [4.69, 9.17) is 4.74 Å². The van der Waals surface area contributed by atoms with Gasteiger partial charge in [0.15, 0.2) is 5.82 Å². The van der Waals surface area contributed by atoms with Crippen molar-refractivity contribution in [2.45, 2.75) is 6.54 Å². The minimum atomic E-state index is -0.222. The van der Waals surface area contributed by atoms with Gasteiger partial charge in [-0.2, -0.15) is 5.10 Å². The second kappa shape index (κ2) is 7.24. The average molecular weight is 426 g/mol. The number of benzene rings is 2. The lowest BCUT2D eigenvalue weighted by Gasteiger charge is -2.01. The Kier molecular flexibility index (Phi) is 4.64. The molecule has 2 aromatic heterocycles. The molecule has 27 heavy (non-hydrogen) atoms. The monoisotopic (exact) mass is 425 g/mol. The Hall–Kier alpha value is -3.13. The van der Waals surface area contributed by atoms with Crippen molar-refractivity contribution in [3.8, 4) is 17.1 Å². The molecule has 136 valence electrons. The summed E-state index contributed by atoms with van der Waals surface area (Å²) in [6.07, 6.45) is 0. The third-order valence-electron chi connectivity index (χ3n) is 4.17. The summed E-state index contributed by atoms with van der Waals surface area (Å²) >= 11 is 3.49. The molecule has 1 amide bonds. The van der Waals surface area contributed by atoms with Gasteiger partial charge in [-0.25, -0.2) is 4.98 Å². The number of carbonyl (C=O) groups excluding carboxylic acids is 1. The van der Waals surface area contributed by atoms with Crippen LogP contribution in [0.1, 0.15) is 16.3 Å². The summed E-state index contributed by atoms with van der Waals surface area (Å²) in [7, 11) is 1.62. The summed E-state index contributed by atoms with van der Waals surface area (Å²) in [5.74, 6) is 1.68. The Morgan fingerprint density at radius 3 is 2.70 bits per heavy atom. The fourth-order valence-corrected chi connectivity index (χ4v) is 3.39. The molecule has 7 nitrogen and oxygen atoms in total. The Labute approximate surface area is 163 Å². The summed E-state index contributed by atoms with van der Waals surface area (Å²) in [6.45, 7) is 0.240. The molecule has 0 unspecified atom stereocenters. The normalized spacial score (nSPS) is 10.9. The van der Waals surface area contributed by atoms with E-state index in [-0.39, 0.29) is 12.5 Å². The molecule has 0 saturated heterocycles. The van der Waals surface area contributed by atoms with Crippen LogP contribution >= 0.6 is 15.9 Å². The Morgan fingerprint density at radius 1 is 1.19 bits per heavy atom. The predicted molar refractivity (Wildman–Crippen MR) is 106 cm³/mol. The highest BCUT2D eigenvalue weighted by atomic mass is 79.9. The van der Waals surface area contributed by atoms with Crippen molar-refractivity contribution in [1.82, 2.24) is 25.5 Å². The molecule has 4 aromatic rings. The van der Waals surface area contributed by atoms with Crippen LogP contribution < -0.4 is 10.1 Å². The van der Waals surface area contributed by atoms with Crippen LogP contribution in [0, 0.1) is 0 Å². The van der Waals surface area contributed by atoms with E-state index in [2.05, 4.69) is 41.4 Å². The summed E-state index contributed by atoms with van der Waals surface area (Å²) < 4.78 is 5.89. The van der Waals surface area contributed by atoms with Crippen LogP contribution in [0.4, 0.5) is 0 Å². The molecule has 2 aromatic carbocycles. The van der Waals surface area contributed by atoms with Crippen LogP contribution in [-0.4, -0.2) is 33.2 Å². The number of H-pyrrole nitrogens is 2. The number of ether oxygens (including phenoxy) is 1. The highest BCUT2D eigenvalue weighted by molar-refractivity contribution is 9.10. The highest BCUT2D eigenvalue weighted by Crippen LogP contribution is 2.27. The van der Waals surface area contributed by atoms with E-state index in [1.165, 1.54) is 0 Å². The smallest absolute Gasteiger partial charge is 0.269 e. The fraction of sp³-hybridized carbons (Fsp3) is 0.105. The number of fused-ring (bicyclic) bond motifs is 1. The zero-order chi connectivity index (χ0) is 18.8. The molecular weight excluding hydrogens is 410 g/mol. The summed E-state index contributed by atoms with van der Waals surface area (Å²) in [6, 6.07) is 15.2. The third kappa shape index (κ3) is 3.43. The van der Waals surface area contributed by atoms with Crippen molar-refractivity contribution >= 4 is 32.7 Å². The van der Waals surface area contributed by atoms with Crippen LogP contribution in [0.5, 0.6) is 5.75 Å². The molecule has 0 aliphatic heterocycles. The minimum Gasteiger partial charge on any atom is -0.497 e. The second-order valence-corrected chi connectivity index (χ2v) is 6.67. The summed E-state index contributed by atoms with van der Waals surface area (Å²) in [5.41, 5.74) is 2.24. The number of nitrogens with one attached hydrogen (secondary N) is 3. The van der Waals surface area contributed by atoms with Crippen molar-refractivity contribution in [3.63, 3.8) is 0 Å². The first-order chi connectivity index (χ1) is 13.2. The lowest BCUT2D eigenvalue weighted by Crippen LogP contribution is -2.24. The maximum atomic E-state index is 12.5. The number of rotatable bonds is 5. The zero-order valence-electron chi connectivity index (χ0n) is 14.4. The largest absolute Gasteiger partial charge is 0.497 e. The number of aromatic amines is 2. The summed E-state index contributed by atoms with van der Waals surface area (Å²) in [5, 5.41) is 10.9. The molecule has 3 N–H and O–H groups in total. The van der Waals surface area contributed by atoms with Gasteiger partial charge in [-0.1, -0.05) is 18.2 Å². The lowest BCUT2D eigenvalue weighted by atomic mass is 10.2. The second-order valence-electron chi connectivity index (χ2n) is 5.88. The fourth-order valence-electron chi connectivity index (χ4n) is 2.76. The van der Waals surface area contributed by atoms with E-state index in [9.17, 15) is 4.79 Å². The number of aromatic nitrogens is 4. The van der Waals surface area contributed by atoms with E-state index in [0.717, 1.165) is 26.7 Å². The van der Waals surface area contributed by atoms with Gasteiger partial charge >= 0.3 is 0 Å². The lowest BCUT2D eigenvalue weighted by molar-refractivity contribution is 0.0945. The number of hydrogen-bond acceptors (Lipinski definition) is 4. The number of nitrogens with zero attached hydrogens (tertiary/aromatic N) is 2. The molecule has 4 rings (SSSR count). The molecule has 0 saturated carbocycles. The molecule has 0 fully saturated rings. The predicted octanol–water partition coefficient (Wildman–Crippen LogP) is 3.65. The van der Waals surface area contributed by atoms with Crippen LogP contribution in [0.2, 0.25) is 0 Å². The number of amides is 1. The average Bonchev–Trinajstić information content (AvgIpc) is 3.31. The standard InChI is InChI=1S/C19H16BrN5O2/c1-27-12-8-6-11(7-9-12)18-23-15(24-25-18)10-21-19(26)17-16(20)13-4-2-3-5-14(13)22-17/h2-9,22H,10H2,1H3,(H,21,26)(H,23,24,25). The molecule has 2 heterocycles. The number of methoxy groups -OCH3 is 1. The molecular formula is C19H16BrN5O2. The van der Waals surface area contributed by atoms with Crippen LogP contribution in [0.3, 0.4) is 0 Å². The van der Waals surface area contributed by atoms with E-state index in [1.807, 2.05) is 48.5 Å². The van der Waals surface area contributed by atoms with Gasteiger partial charge in [0.25, 0.3) is 5.91 Å². The van der Waals surface area contributed by atoms with Gasteiger partial charge in [-0.3, -0.25) is 9.89 Å². The van der Waals surface area contributed by atoms with E-state index in [0.29, 0.717) is 17.3 Å².